The largest absolute Gasteiger partial charge is 0.467 e. The Balaban J connectivity index is 1.70. The Morgan fingerprint density at radius 2 is 1.62 bits per heavy atom. The van der Waals surface area contributed by atoms with Crippen molar-refractivity contribution in [1.82, 2.24) is 15.4 Å². The Bertz CT molecular complexity index is 773. The summed E-state index contributed by atoms with van der Waals surface area (Å²) in [5.74, 6) is -0.432. The summed E-state index contributed by atoms with van der Waals surface area (Å²) in [6.07, 6.45) is 1.49. The first-order valence-corrected chi connectivity index (χ1v) is 8.56. The molecule has 2 aromatic rings. The second-order valence-corrected chi connectivity index (χ2v) is 6.54. The van der Waals surface area contributed by atoms with Gasteiger partial charge in [0.15, 0.2) is 0 Å². The quantitative estimate of drug-likeness (QED) is 0.618. The van der Waals surface area contributed by atoms with Crippen LogP contribution in [0.25, 0.3) is 0 Å². The molecule has 0 radical (unpaired) electrons. The van der Waals surface area contributed by atoms with Crippen molar-refractivity contribution in [2.75, 3.05) is 13.1 Å². The molecule has 0 aliphatic heterocycles. The lowest BCUT2D eigenvalue weighted by Gasteiger charge is -2.08. The number of amides is 2. The van der Waals surface area contributed by atoms with E-state index in [-0.39, 0.29) is 18.0 Å². The molecule has 0 spiro atoms. The fourth-order valence-electron chi connectivity index (χ4n) is 1.75. The first kappa shape index (κ1) is 17.7. The summed E-state index contributed by atoms with van der Waals surface area (Å²) in [4.78, 5) is 23.2. The highest BCUT2D eigenvalue weighted by Crippen LogP contribution is 2.06. The van der Waals surface area contributed by atoms with Crippen LogP contribution >= 0.6 is 0 Å². The van der Waals surface area contributed by atoms with E-state index in [9.17, 15) is 18.0 Å². The molecule has 9 heteroatoms. The molecule has 0 fully saturated rings. The van der Waals surface area contributed by atoms with Crippen LogP contribution in [0.3, 0.4) is 0 Å². The monoisotopic (exact) mass is 351 g/mol. The molecule has 1 heterocycles. The van der Waals surface area contributed by atoms with Crippen LogP contribution in [0.4, 0.5) is 0 Å². The number of hydrogen-bond acceptors (Lipinski definition) is 5. The van der Waals surface area contributed by atoms with E-state index in [0.717, 1.165) is 0 Å². The zero-order valence-electron chi connectivity index (χ0n) is 12.7. The van der Waals surface area contributed by atoms with Crippen LogP contribution in [-0.4, -0.2) is 33.3 Å². The van der Waals surface area contributed by atoms with Crippen LogP contribution < -0.4 is 15.4 Å². The van der Waals surface area contributed by atoms with E-state index in [1.807, 2.05) is 0 Å². The van der Waals surface area contributed by atoms with Crippen LogP contribution in [0.2, 0.25) is 0 Å². The minimum atomic E-state index is -3.76. The van der Waals surface area contributed by atoms with E-state index < -0.39 is 28.4 Å². The minimum Gasteiger partial charge on any atom is -0.467 e. The molecule has 0 unspecified atom stereocenters. The topological polar surface area (TPSA) is 118 Å². The van der Waals surface area contributed by atoms with E-state index in [2.05, 4.69) is 15.4 Å². The summed E-state index contributed by atoms with van der Waals surface area (Å²) in [6.45, 7) is -0.502. The number of sulfonamides is 1. The molecular weight excluding hydrogens is 334 g/mol. The number of hydrogen-bond donors (Lipinski definition) is 3. The normalized spacial score (nSPS) is 11.0. The standard InChI is InChI=1S/C15H17N3O5S/c19-14(16-9-12-5-4-8-23-12)10-17-15(20)11-18-24(21,22)13-6-2-1-3-7-13/h1-8,18H,9-11H2,(H,16,19)(H,17,20). The molecule has 24 heavy (non-hydrogen) atoms. The van der Waals surface area contributed by atoms with Crippen molar-refractivity contribution in [3.05, 3.63) is 54.5 Å². The van der Waals surface area contributed by atoms with Gasteiger partial charge in [-0.25, -0.2) is 13.1 Å². The molecule has 1 aromatic carbocycles. The van der Waals surface area contributed by atoms with E-state index in [1.165, 1.54) is 18.4 Å². The third kappa shape index (κ3) is 5.52. The first-order chi connectivity index (χ1) is 11.5. The summed E-state index contributed by atoms with van der Waals surface area (Å²) in [7, 11) is -3.76. The highest BCUT2D eigenvalue weighted by molar-refractivity contribution is 7.89. The van der Waals surface area contributed by atoms with Gasteiger partial charge in [0, 0.05) is 0 Å². The summed E-state index contributed by atoms with van der Waals surface area (Å²) >= 11 is 0. The van der Waals surface area contributed by atoms with Crippen molar-refractivity contribution in [3.63, 3.8) is 0 Å². The molecule has 0 aliphatic rings. The number of carbonyl (C=O) groups excluding carboxylic acids is 2. The molecule has 0 aliphatic carbocycles. The summed E-state index contributed by atoms with van der Waals surface area (Å²) < 4.78 is 31.1. The molecule has 8 nitrogen and oxygen atoms in total. The van der Waals surface area contributed by atoms with Gasteiger partial charge in [-0.05, 0) is 24.3 Å². The summed E-state index contributed by atoms with van der Waals surface area (Å²) in [5, 5.41) is 4.88. The molecule has 128 valence electrons. The first-order valence-electron chi connectivity index (χ1n) is 7.08. The summed E-state index contributed by atoms with van der Waals surface area (Å²) in [5.41, 5.74) is 0. The second-order valence-electron chi connectivity index (χ2n) is 4.77. The van der Waals surface area contributed by atoms with Gasteiger partial charge in [-0.1, -0.05) is 18.2 Å². The van der Waals surface area contributed by atoms with Crippen LogP contribution in [0.5, 0.6) is 0 Å². The van der Waals surface area contributed by atoms with Crippen molar-refractivity contribution in [2.24, 2.45) is 0 Å². The van der Waals surface area contributed by atoms with Crippen LogP contribution in [0, 0.1) is 0 Å². The van der Waals surface area contributed by atoms with Gasteiger partial charge in [0.05, 0.1) is 30.8 Å². The zero-order chi connectivity index (χ0) is 17.4. The van der Waals surface area contributed by atoms with Gasteiger partial charge in [0.2, 0.25) is 21.8 Å². The lowest BCUT2D eigenvalue weighted by molar-refractivity contribution is -0.125. The maximum absolute atomic E-state index is 11.9. The van der Waals surface area contributed by atoms with E-state index in [1.54, 1.807) is 30.3 Å². The van der Waals surface area contributed by atoms with Gasteiger partial charge in [-0.15, -0.1) is 0 Å². The zero-order valence-corrected chi connectivity index (χ0v) is 13.5. The lowest BCUT2D eigenvalue weighted by Crippen LogP contribution is -2.41. The Kier molecular flexibility index (Phi) is 6.10. The van der Waals surface area contributed by atoms with E-state index >= 15 is 0 Å². The average Bonchev–Trinajstić information content (AvgIpc) is 3.10. The molecular formula is C15H17N3O5S. The molecule has 0 saturated carbocycles. The molecule has 2 rings (SSSR count). The van der Waals surface area contributed by atoms with E-state index in [4.69, 9.17) is 4.42 Å². The fourth-order valence-corrected chi connectivity index (χ4v) is 2.75. The maximum Gasteiger partial charge on any atom is 0.241 e. The second kappa shape index (κ2) is 8.27. The smallest absolute Gasteiger partial charge is 0.241 e. The Hall–Kier alpha value is -2.65. The number of furan rings is 1. The van der Waals surface area contributed by atoms with Crippen LogP contribution in [-0.2, 0) is 26.2 Å². The number of benzene rings is 1. The number of carbonyl (C=O) groups is 2. The van der Waals surface area contributed by atoms with Crippen molar-refractivity contribution in [3.8, 4) is 0 Å². The molecule has 0 atom stereocenters. The molecule has 1 aromatic heterocycles. The lowest BCUT2D eigenvalue weighted by atomic mass is 10.4. The summed E-state index contributed by atoms with van der Waals surface area (Å²) in [6, 6.07) is 11.1. The fraction of sp³-hybridized carbons (Fsp3) is 0.200. The van der Waals surface area contributed by atoms with Crippen molar-refractivity contribution in [1.29, 1.82) is 0 Å². The number of nitrogens with one attached hydrogen (secondary N) is 3. The molecule has 2 amide bonds. The van der Waals surface area contributed by atoms with Crippen LogP contribution in [0.15, 0.2) is 58.0 Å². The molecule has 0 bridgehead atoms. The third-order valence-corrected chi connectivity index (χ3v) is 4.38. The van der Waals surface area contributed by atoms with Gasteiger partial charge in [-0.2, -0.15) is 0 Å². The van der Waals surface area contributed by atoms with Gasteiger partial charge in [-0.3, -0.25) is 9.59 Å². The Morgan fingerprint density at radius 1 is 0.917 bits per heavy atom. The van der Waals surface area contributed by atoms with Crippen molar-refractivity contribution in [2.45, 2.75) is 11.4 Å². The highest BCUT2D eigenvalue weighted by Gasteiger charge is 2.15. The predicted molar refractivity (Wildman–Crippen MR) is 85.2 cm³/mol. The van der Waals surface area contributed by atoms with Crippen LogP contribution in [0.1, 0.15) is 5.76 Å². The van der Waals surface area contributed by atoms with Gasteiger partial charge < -0.3 is 15.1 Å². The Morgan fingerprint density at radius 3 is 2.29 bits per heavy atom. The predicted octanol–water partition coefficient (Wildman–Crippen LogP) is -0.00950. The average molecular weight is 351 g/mol. The SMILES string of the molecule is O=C(CNC(=O)CNS(=O)(=O)c1ccccc1)NCc1ccco1. The van der Waals surface area contributed by atoms with Gasteiger partial charge in [0.25, 0.3) is 0 Å². The van der Waals surface area contributed by atoms with E-state index in [0.29, 0.717) is 5.76 Å². The van der Waals surface area contributed by atoms with Crippen molar-refractivity contribution >= 4 is 21.8 Å². The minimum absolute atomic E-state index is 0.0639. The maximum atomic E-state index is 11.9. The molecule has 0 saturated heterocycles. The van der Waals surface area contributed by atoms with Crippen molar-refractivity contribution < 1.29 is 22.4 Å². The Labute approximate surface area is 139 Å². The third-order valence-electron chi connectivity index (χ3n) is 2.96. The van der Waals surface area contributed by atoms with Gasteiger partial charge >= 0.3 is 0 Å². The van der Waals surface area contributed by atoms with Gasteiger partial charge in [0.1, 0.15) is 5.76 Å². The molecule has 3 N–H and O–H groups in total. The number of rotatable bonds is 8. The highest BCUT2D eigenvalue weighted by atomic mass is 32.2.